The number of amides is 1. The van der Waals surface area contributed by atoms with Gasteiger partial charge in [0.2, 0.25) is 15.9 Å². The maximum absolute atomic E-state index is 12.9. The highest BCUT2D eigenvalue weighted by atomic mass is 35.5. The van der Waals surface area contributed by atoms with Gasteiger partial charge in [-0.05, 0) is 55.3 Å². The molecule has 0 saturated carbocycles. The number of carbonyl (C=O) groups is 1. The lowest BCUT2D eigenvalue weighted by Crippen LogP contribution is -2.43. The van der Waals surface area contributed by atoms with Crippen LogP contribution in [0, 0.1) is 5.92 Å². The fraction of sp³-hybridized carbons (Fsp3) is 0.316. The maximum Gasteiger partial charge on any atom is 0.243 e. The van der Waals surface area contributed by atoms with E-state index in [2.05, 4.69) is 5.32 Å². The van der Waals surface area contributed by atoms with Crippen LogP contribution in [0.2, 0.25) is 10.0 Å². The molecule has 9 heteroatoms. The first-order valence-electron chi connectivity index (χ1n) is 8.71. The van der Waals surface area contributed by atoms with Crippen molar-refractivity contribution in [1.29, 1.82) is 0 Å². The van der Waals surface area contributed by atoms with Crippen LogP contribution in [0.15, 0.2) is 47.4 Å². The zero-order valence-electron chi connectivity index (χ0n) is 15.2. The SMILES string of the molecule is COc1ccc(Cl)cc1NC(=O)[C@@H]1CCCN(S(=O)(=O)c2ccc(Cl)cc2)C1. The van der Waals surface area contributed by atoms with E-state index in [0.717, 1.165) is 0 Å². The average molecular weight is 443 g/mol. The quantitative estimate of drug-likeness (QED) is 0.757. The molecular weight excluding hydrogens is 423 g/mol. The predicted molar refractivity (Wildman–Crippen MR) is 110 cm³/mol. The summed E-state index contributed by atoms with van der Waals surface area (Å²) in [5.41, 5.74) is 0.456. The van der Waals surface area contributed by atoms with Gasteiger partial charge in [0.25, 0.3) is 0 Å². The lowest BCUT2D eigenvalue weighted by Gasteiger charge is -2.31. The van der Waals surface area contributed by atoms with Crippen molar-refractivity contribution in [2.75, 3.05) is 25.5 Å². The first-order chi connectivity index (χ1) is 13.3. The molecule has 1 N–H and O–H groups in total. The van der Waals surface area contributed by atoms with Crippen molar-refractivity contribution >= 4 is 44.8 Å². The predicted octanol–water partition coefficient (Wildman–Crippen LogP) is 4.04. The van der Waals surface area contributed by atoms with E-state index in [-0.39, 0.29) is 17.3 Å². The van der Waals surface area contributed by atoms with Gasteiger partial charge in [0, 0.05) is 23.1 Å². The van der Waals surface area contributed by atoms with E-state index in [1.54, 1.807) is 18.2 Å². The molecule has 6 nitrogen and oxygen atoms in total. The third kappa shape index (κ3) is 4.60. The summed E-state index contributed by atoms with van der Waals surface area (Å²) < 4.78 is 32.4. The molecule has 1 saturated heterocycles. The minimum absolute atomic E-state index is 0.111. The van der Waals surface area contributed by atoms with Crippen LogP contribution < -0.4 is 10.1 Å². The lowest BCUT2D eigenvalue weighted by molar-refractivity contribution is -0.120. The number of sulfonamides is 1. The molecule has 150 valence electrons. The van der Waals surface area contributed by atoms with Crippen LogP contribution in [0.5, 0.6) is 5.75 Å². The molecule has 1 aliphatic heterocycles. The molecule has 0 radical (unpaired) electrons. The van der Waals surface area contributed by atoms with E-state index in [1.165, 1.54) is 35.7 Å². The van der Waals surface area contributed by atoms with E-state index in [0.29, 0.717) is 40.9 Å². The number of hydrogen-bond acceptors (Lipinski definition) is 4. The van der Waals surface area contributed by atoms with Gasteiger partial charge >= 0.3 is 0 Å². The van der Waals surface area contributed by atoms with Crippen molar-refractivity contribution in [2.45, 2.75) is 17.7 Å². The van der Waals surface area contributed by atoms with Crippen LogP contribution in [0.25, 0.3) is 0 Å². The van der Waals surface area contributed by atoms with Gasteiger partial charge in [-0.25, -0.2) is 8.42 Å². The van der Waals surface area contributed by atoms with Crippen LogP contribution >= 0.6 is 23.2 Å². The lowest BCUT2D eigenvalue weighted by atomic mass is 9.98. The topological polar surface area (TPSA) is 75.7 Å². The standard InChI is InChI=1S/C19H20Cl2N2O4S/c1-27-18-9-6-15(21)11-17(18)22-19(24)13-3-2-10-23(12-13)28(25,26)16-7-4-14(20)5-8-16/h4-9,11,13H,2-3,10,12H2,1H3,(H,22,24)/t13-/m1/s1. The molecule has 3 rings (SSSR count). The Morgan fingerprint density at radius 3 is 2.50 bits per heavy atom. The summed E-state index contributed by atoms with van der Waals surface area (Å²) in [6.45, 7) is 0.481. The number of rotatable bonds is 5. The zero-order valence-corrected chi connectivity index (χ0v) is 17.5. The van der Waals surface area contributed by atoms with E-state index < -0.39 is 15.9 Å². The van der Waals surface area contributed by atoms with Crippen molar-refractivity contribution in [1.82, 2.24) is 4.31 Å². The monoisotopic (exact) mass is 442 g/mol. The Bertz CT molecular complexity index is 964. The number of anilines is 1. The molecule has 0 aromatic heterocycles. The zero-order chi connectivity index (χ0) is 20.3. The number of benzene rings is 2. The molecule has 1 fully saturated rings. The van der Waals surface area contributed by atoms with E-state index in [9.17, 15) is 13.2 Å². The highest BCUT2D eigenvalue weighted by Crippen LogP contribution is 2.30. The highest BCUT2D eigenvalue weighted by Gasteiger charge is 2.33. The second-order valence-electron chi connectivity index (χ2n) is 6.49. The minimum Gasteiger partial charge on any atom is -0.495 e. The Labute approximate surface area is 174 Å². The molecule has 1 amide bonds. The fourth-order valence-corrected chi connectivity index (χ4v) is 4.96. The third-order valence-electron chi connectivity index (χ3n) is 4.63. The summed E-state index contributed by atoms with van der Waals surface area (Å²) in [5.74, 6) is -0.254. The Balaban J connectivity index is 1.75. The second-order valence-corrected chi connectivity index (χ2v) is 9.30. The van der Waals surface area contributed by atoms with Gasteiger partial charge < -0.3 is 10.1 Å². The second kappa shape index (κ2) is 8.69. The number of nitrogens with one attached hydrogen (secondary N) is 1. The fourth-order valence-electron chi connectivity index (χ4n) is 3.14. The van der Waals surface area contributed by atoms with Gasteiger partial charge in [0.05, 0.1) is 23.6 Å². The van der Waals surface area contributed by atoms with Gasteiger partial charge in [0.15, 0.2) is 0 Å². The smallest absolute Gasteiger partial charge is 0.243 e. The number of halogens is 2. The molecule has 1 atom stereocenters. The minimum atomic E-state index is -3.69. The van der Waals surface area contributed by atoms with Crippen LogP contribution in [0.4, 0.5) is 5.69 Å². The molecule has 2 aromatic carbocycles. The molecule has 1 aliphatic rings. The number of ether oxygens (including phenoxy) is 1. The summed E-state index contributed by atoms with van der Waals surface area (Å²) in [6.07, 6.45) is 1.19. The van der Waals surface area contributed by atoms with E-state index in [4.69, 9.17) is 27.9 Å². The van der Waals surface area contributed by atoms with Crippen molar-refractivity contribution in [3.8, 4) is 5.75 Å². The normalized spacial score (nSPS) is 17.9. The number of piperidine rings is 1. The Kier molecular flexibility index (Phi) is 6.50. The van der Waals surface area contributed by atoms with Crippen molar-refractivity contribution < 1.29 is 17.9 Å². The first-order valence-corrected chi connectivity index (χ1v) is 10.9. The van der Waals surface area contributed by atoms with E-state index >= 15 is 0 Å². The summed E-state index contributed by atoms with van der Waals surface area (Å²) in [5, 5.41) is 3.73. The molecule has 0 aliphatic carbocycles. The Morgan fingerprint density at radius 1 is 1.14 bits per heavy atom. The molecule has 0 bridgehead atoms. The van der Waals surface area contributed by atoms with Crippen LogP contribution in [0.3, 0.4) is 0 Å². The number of carbonyl (C=O) groups excluding carboxylic acids is 1. The van der Waals surface area contributed by atoms with Crippen molar-refractivity contribution in [3.63, 3.8) is 0 Å². The molecular formula is C19H20Cl2N2O4S. The number of nitrogens with zero attached hydrogens (tertiary/aromatic N) is 1. The van der Waals surface area contributed by atoms with Gasteiger partial charge in [-0.1, -0.05) is 23.2 Å². The average Bonchev–Trinajstić information content (AvgIpc) is 2.68. The van der Waals surface area contributed by atoms with Gasteiger partial charge in [0.1, 0.15) is 5.75 Å². The highest BCUT2D eigenvalue weighted by molar-refractivity contribution is 7.89. The van der Waals surface area contributed by atoms with Crippen LogP contribution in [-0.2, 0) is 14.8 Å². The van der Waals surface area contributed by atoms with Crippen molar-refractivity contribution in [3.05, 3.63) is 52.5 Å². The van der Waals surface area contributed by atoms with Crippen LogP contribution in [0.1, 0.15) is 12.8 Å². The van der Waals surface area contributed by atoms with Gasteiger partial charge in [-0.15, -0.1) is 0 Å². The summed E-state index contributed by atoms with van der Waals surface area (Å²) >= 11 is 11.8. The van der Waals surface area contributed by atoms with Gasteiger partial charge in [-0.3, -0.25) is 4.79 Å². The summed E-state index contributed by atoms with van der Waals surface area (Å²) in [6, 6.07) is 10.9. The largest absolute Gasteiger partial charge is 0.495 e. The van der Waals surface area contributed by atoms with Crippen LogP contribution in [-0.4, -0.2) is 38.8 Å². The molecule has 0 unspecified atom stereocenters. The summed E-state index contributed by atoms with van der Waals surface area (Å²) in [4.78, 5) is 12.9. The number of hydrogen-bond donors (Lipinski definition) is 1. The summed E-state index contributed by atoms with van der Waals surface area (Å²) in [7, 11) is -2.19. The Hall–Kier alpha value is -1.80. The molecule has 1 heterocycles. The molecule has 2 aromatic rings. The van der Waals surface area contributed by atoms with Crippen molar-refractivity contribution in [2.24, 2.45) is 5.92 Å². The number of methoxy groups -OCH3 is 1. The molecule has 0 spiro atoms. The van der Waals surface area contributed by atoms with Gasteiger partial charge in [-0.2, -0.15) is 4.31 Å². The molecule has 28 heavy (non-hydrogen) atoms. The first kappa shape index (κ1) is 20.9. The Morgan fingerprint density at radius 2 is 1.82 bits per heavy atom. The van der Waals surface area contributed by atoms with E-state index in [1.807, 2.05) is 0 Å². The third-order valence-corrected chi connectivity index (χ3v) is 6.99. The maximum atomic E-state index is 12.9.